The van der Waals surface area contributed by atoms with Gasteiger partial charge in [-0.15, -0.1) is 0 Å². The summed E-state index contributed by atoms with van der Waals surface area (Å²) in [5, 5.41) is 8.18. The molecule has 12 heteroatoms. The highest BCUT2D eigenvalue weighted by Gasteiger charge is 2.61. The van der Waals surface area contributed by atoms with Gasteiger partial charge in [0.2, 0.25) is 23.5 Å². The van der Waals surface area contributed by atoms with Gasteiger partial charge in [-0.2, -0.15) is 0 Å². The molecule has 1 saturated heterocycles. The lowest BCUT2D eigenvalue weighted by Crippen LogP contribution is -2.63. The van der Waals surface area contributed by atoms with Crippen molar-refractivity contribution in [2.75, 3.05) is 20.6 Å². The van der Waals surface area contributed by atoms with E-state index < -0.39 is 64.5 Å². The molecule has 6 amide bonds. The van der Waals surface area contributed by atoms with E-state index in [1.807, 2.05) is 20.8 Å². The summed E-state index contributed by atoms with van der Waals surface area (Å²) in [6.07, 6.45) is 2.13. The van der Waals surface area contributed by atoms with E-state index in [1.165, 1.54) is 9.80 Å². The van der Waals surface area contributed by atoms with E-state index in [2.05, 4.69) is 22.5 Å². The number of ketones is 1. The number of primary amides is 1. The van der Waals surface area contributed by atoms with Gasteiger partial charge in [-0.3, -0.25) is 24.0 Å². The first-order chi connectivity index (χ1) is 18.7. The highest BCUT2D eigenvalue weighted by molar-refractivity contribution is 6.37. The summed E-state index contributed by atoms with van der Waals surface area (Å²) >= 11 is 0. The zero-order valence-corrected chi connectivity index (χ0v) is 25.5. The Morgan fingerprint density at radius 1 is 0.951 bits per heavy atom. The van der Waals surface area contributed by atoms with Crippen molar-refractivity contribution in [2.24, 2.45) is 34.3 Å². The normalized spacial score (nSPS) is 24.0. The van der Waals surface area contributed by atoms with Crippen LogP contribution in [-0.2, 0) is 24.0 Å². The monoisotopic (exact) mass is 574 g/mol. The van der Waals surface area contributed by atoms with Gasteiger partial charge in [-0.05, 0) is 23.2 Å². The van der Waals surface area contributed by atoms with Crippen molar-refractivity contribution in [1.82, 2.24) is 25.8 Å². The number of likely N-dealkylation sites (tertiary alicyclic amines) is 1. The number of Topliss-reactive ketones (excluding diaryl/α,β-unsaturated/α-hetero) is 1. The highest BCUT2D eigenvalue weighted by atomic mass is 16.2. The molecule has 3 aliphatic rings. The molecule has 1 heterocycles. The Morgan fingerprint density at radius 3 is 1.95 bits per heavy atom. The number of amides is 6. The number of likely N-dealkylation sites (N-methyl/N-ethyl adjacent to an activating group) is 1. The minimum Gasteiger partial charge on any atom is -0.363 e. The number of fused-ring (bicyclic) bond motifs is 1. The molecule has 2 unspecified atom stereocenters. The maximum Gasteiger partial charge on any atom is 0.316 e. The van der Waals surface area contributed by atoms with Crippen molar-refractivity contribution >= 4 is 35.4 Å². The average molecular weight is 575 g/mol. The summed E-state index contributed by atoms with van der Waals surface area (Å²) < 4.78 is 0. The van der Waals surface area contributed by atoms with Crippen LogP contribution in [0.3, 0.4) is 0 Å². The Kier molecular flexibility index (Phi) is 8.95. The fraction of sp³-hybridized carbons (Fsp3) is 0.724. The lowest BCUT2D eigenvalue weighted by Gasteiger charge is -2.38. The Morgan fingerprint density at radius 2 is 1.49 bits per heavy atom. The summed E-state index contributed by atoms with van der Waals surface area (Å²) in [6, 6.07) is -4.55. The first kappa shape index (κ1) is 32.1. The number of urea groups is 1. The lowest BCUT2D eigenvalue weighted by atomic mass is 9.85. The number of nitrogens with two attached hydrogens (primary N) is 1. The largest absolute Gasteiger partial charge is 0.363 e. The second-order valence-electron chi connectivity index (χ2n) is 14.1. The Labute approximate surface area is 242 Å². The summed E-state index contributed by atoms with van der Waals surface area (Å²) in [6.45, 7) is 15.2. The van der Waals surface area contributed by atoms with E-state index in [-0.39, 0.29) is 30.2 Å². The van der Waals surface area contributed by atoms with Gasteiger partial charge in [0.05, 0.1) is 6.04 Å². The van der Waals surface area contributed by atoms with E-state index in [0.717, 1.165) is 18.4 Å². The smallest absolute Gasteiger partial charge is 0.316 e. The Hall–Kier alpha value is -3.44. The summed E-state index contributed by atoms with van der Waals surface area (Å²) in [7, 11) is 3.21. The number of nitrogens with zero attached hydrogens (tertiary/aromatic N) is 2. The first-order valence-corrected chi connectivity index (χ1v) is 14.2. The van der Waals surface area contributed by atoms with Gasteiger partial charge in [0.15, 0.2) is 0 Å². The van der Waals surface area contributed by atoms with Crippen LogP contribution < -0.4 is 21.7 Å². The maximum atomic E-state index is 14.0. The van der Waals surface area contributed by atoms with E-state index in [9.17, 15) is 28.8 Å². The third-order valence-corrected chi connectivity index (χ3v) is 8.21. The number of hydrogen-bond donors (Lipinski definition) is 4. The number of nitrogens with one attached hydrogen (secondary N) is 3. The molecular formula is C29H46N6O6. The summed E-state index contributed by atoms with van der Waals surface area (Å²) in [5.41, 5.74) is 4.74. The van der Waals surface area contributed by atoms with E-state index in [4.69, 9.17) is 5.73 Å². The fourth-order valence-corrected chi connectivity index (χ4v) is 5.48. The van der Waals surface area contributed by atoms with E-state index in [1.54, 1.807) is 34.9 Å². The molecule has 1 aliphatic heterocycles. The van der Waals surface area contributed by atoms with Gasteiger partial charge in [0, 0.05) is 32.5 Å². The molecule has 3 rings (SSSR count). The van der Waals surface area contributed by atoms with Crippen LogP contribution in [0.25, 0.3) is 0 Å². The molecule has 0 spiro atoms. The molecule has 5 N–H and O–H groups in total. The molecule has 0 bridgehead atoms. The standard InChI is InChI=1S/C29H46N6O6/c1-14-16-13-35(19(18(14)16)24(38)31-17(12-15-10-11-15)20(36)23(30)37)26(40)22(29(5,6)7)33-27(41)32-21(28(2,3)4)25(39)34(8)9/h15-19,21-22H,1,10-13H2,2-9H3,(H2,30,37)(H,31,38)(H2,32,33,41)/t16-,17?,18+,19?,21-,22-/m1/s1. The van der Waals surface area contributed by atoms with E-state index >= 15 is 0 Å². The molecule has 2 aliphatic carbocycles. The minimum absolute atomic E-state index is 0.0687. The predicted molar refractivity (Wildman–Crippen MR) is 152 cm³/mol. The molecule has 0 aromatic rings. The van der Waals surface area contributed by atoms with Crippen LogP contribution in [-0.4, -0.2) is 90.1 Å². The van der Waals surface area contributed by atoms with Crippen LogP contribution in [0.5, 0.6) is 0 Å². The SMILES string of the molecule is C=C1[C@H]2CN(C(=O)[C@@H](NC(=O)N[C@H](C(=O)N(C)C)C(C)(C)C)C(C)(C)C)C(C(=O)NC(CC3CC3)C(=O)C(N)=O)[C@@H]12. The van der Waals surface area contributed by atoms with Crippen molar-refractivity contribution < 1.29 is 28.8 Å². The molecule has 0 aromatic heterocycles. The first-order valence-electron chi connectivity index (χ1n) is 14.2. The number of rotatable bonds is 10. The Bertz CT molecular complexity index is 1130. The van der Waals surface area contributed by atoms with Gasteiger partial charge < -0.3 is 31.5 Å². The van der Waals surface area contributed by atoms with Gasteiger partial charge in [0.25, 0.3) is 5.91 Å². The third kappa shape index (κ3) is 7.26. The third-order valence-electron chi connectivity index (χ3n) is 8.21. The number of carbonyl (C=O) groups excluding carboxylic acids is 6. The number of hydrogen-bond acceptors (Lipinski definition) is 6. The molecule has 6 atom stereocenters. The van der Waals surface area contributed by atoms with Crippen molar-refractivity contribution in [3.05, 3.63) is 12.2 Å². The van der Waals surface area contributed by atoms with Crippen molar-refractivity contribution in [3.8, 4) is 0 Å². The van der Waals surface area contributed by atoms with Gasteiger partial charge in [-0.1, -0.05) is 66.5 Å². The van der Waals surface area contributed by atoms with Crippen LogP contribution in [0.4, 0.5) is 4.79 Å². The second kappa shape index (κ2) is 11.4. The lowest BCUT2D eigenvalue weighted by molar-refractivity contribution is -0.144. The summed E-state index contributed by atoms with van der Waals surface area (Å²) in [5.74, 6) is -3.38. The van der Waals surface area contributed by atoms with Crippen LogP contribution in [0.1, 0.15) is 60.8 Å². The number of carbonyl (C=O) groups is 6. The molecule has 0 radical (unpaired) electrons. The molecule has 2 saturated carbocycles. The van der Waals surface area contributed by atoms with Crippen molar-refractivity contribution in [3.63, 3.8) is 0 Å². The van der Waals surface area contributed by atoms with Gasteiger partial charge in [0.1, 0.15) is 18.1 Å². The molecule has 0 aromatic carbocycles. The van der Waals surface area contributed by atoms with Crippen LogP contribution in [0.2, 0.25) is 0 Å². The number of piperidine rings is 1. The molecule has 228 valence electrons. The highest BCUT2D eigenvalue weighted by Crippen LogP contribution is 2.54. The van der Waals surface area contributed by atoms with Crippen molar-refractivity contribution in [1.29, 1.82) is 0 Å². The fourth-order valence-electron chi connectivity index (χ4n) is 5.48. The topological polar surface area (TPSA) is 171 Å². The maximum absolute atomic E-state index is 14.0. The molecule has 41 heavy (non-hydrogen) atoms. The average Bonchev–Trinajstić information content (AvgIpc) is 3.73. The van der Waals surface area contributed by atoms with Crippen LogP contribution >= 0.6 is 0 Å². The van der Waals surface area contributed by atoms with Crippen molar-refractivity contribution in [2.45, 2.75) is 85.0 Å². The molecular weight excluding hydrogens is 528 g/mol. The van der Waals surface area contributed by atoms with Crippen LogP contribution in [0, 0.1) is 28.6 Å². The van der Waals surface area contributed by atoms with Gasteiger partial charge >= 0.3 is 6.03 Å². The van der Waals surface area contributed by atoms with Gasteiger partial charge in [-0.25, -0.2) is 4.79 Å². The molecule has 3 fully saturated rings. The zero-order chi connectivity index (χ0) is 31.2. The quantitative estimate of drug-likeness (QED) is 0.219. The Balaban J connectivity index is 1.81. The predicted octanol–water partition coefficient (Wildman–Crippen LogP) is 0.556. The van der Waals surface area contributed by atoms with Crippen LogP contribution in [0.15, 0.2) is 12.2 Å². The summed E-state index contributed by atoms with van der Waals surface area (Å²) in [4.78, 5) is 80.5. The zero-order valence-electron chi connectivity index (χ0n) is 25.5. The second-order valence-corrected chi connectivity index (χ2v) is 14.1. The molecule has 12 nitrogen and oxygen atoms in total. The minimum atomic E-state index is -1.12. The van der Waals surface area contributed by atoms with E-state index in [0.29, 0.717) is 6.42 Å².